The van der Waals surface area contributed by atoms with Crippen LogP contribution in [0.4, 0.5) is 4.39 Å². The van der Waals surface area contributed by atoms with Gasteiger partial charge >= 0.3 is 0 Å². The predicted molar refractivity (Wildman–Crippen MR) is 97.8 cm³/mol. The highest BCUT2D eigenvalue weighted by Gasteiger charge is 2.29. The Hall–Kier alpha value is -1.63. The van der Waals surface area contributed by atoms with E-state index in [1.54, 1.807) is 6.92 Å². The second-order valence-corrected chi connectivity index (χ2v) is 7.24. The van der Waals surface area contributed by atoms with Crippen molar-refractivity contribution in [1.29, 1.82) is 0 Å². The Morgan fingerprint density at radius 2 is 1.48 bits per heavy atom. The molecule has 23 heavy (non-hydrogen) atoms. The monoisotopic (exact) mass is 312 g/mol. The first-order valence-corrected chi connectivity index (χ1v) is 8.66. The number of benzene rings is 2. The summed E-state index contributed by atoms with van der Waals surface area (Å²) in [5.41, 5.74) is 3.33. The Kier molecular flexibility index (Phi) is 5.62. The van der Waals surface area contributed by atoms with Gasteiger partial charge in [-0.25, -0.2) is 4.39 Å². The Labute approximate surface area is 140 Å². The summed E-state index contributed by atoms with van der Waals surface area (Å²) in [5, 5.41) is 0. The van der Waals surface area contributed by atoms with E-state index in [4.69, 9.17) is 0 Å². The van der Waals surface area contributed by atoms with Gasteiger partial charge in [0, 0.05) is 0 Å². The van der Waals surface area contributed by atoms with Crippen LogP contribution in [-0.4, -0.2) is 0 Å². The van der Waals surface area contributed by atoms with Crippen molar-refractivity contribution in [3.63, 3.8) is 0 Å². The lowest BCUT2D eigenvalue weighted by molar-refractivity contribution is 0.167. The number of hydrogen-bond donors (Lipinski definition) is 0. The number of halogens is 1. The highest BCUT2D eigenvalue weighted by Crippen LogP contribution is 2.38. The SMILES string of the molecule is Cc1ccccc1C(C)CCC(C)(F)c1ccccc1C(C)C. The van der Waals surface area contributed by atoms with Crippen molar-refractivity contribution >= 4 is 0 Å². The van der Waals surface area contributed by atoms with Crippen LogP contribution in [0.3, 0.4) is 0 Å². The molecule has 0 bridgehead atoms. The maximum Gasteiger partial charge on any atom is 0.133 e. The van der Waals surface area contributed by atoms with E-state index >= 15 is 4.39 Å². The van der Waals surface area contributed by atoms with E-state index in [2.05, 4.69) is 58.0 Å². The third-order valence-corrected chi connectivity index (χ3v) is 4.91. The molecule has 0 aromatic heterocycles. The van der Waals surface area contributed by atoms with Gasteiger partial charge in [-0.1, -0.05) is 69.3 Å². The van der Waals surface area contributed by atoms with Crippen LogP contribution in [0.15, 0.2) is 48.5 Å². The fourth-order valence-electron chi connectivity index (χ4n) is 3.39. The summed E-state index contributed by atoms with van der Waals surface area (Å²) in [7, 11) is 0. The first-order chi connectivity index (χ1) is 10.8. The van der Waals surface area contributed by atoms with Gasteiger partial charge in [0.05, 0.1) is 0 Å². The Morgan fingerprint density at radius 1 is 0.913 bits per heavy atom. The van der Waals surface area contributed by atoms with Gasteiger partial charge in [0.2, 0.25) is 0 Å². The largest absolute Gasteiger partial charge is 0.239 e. The fraction of sp³-hybridized carbons (Fsp3) is 0.455. The van der Waals surface area contributed by atoms with Crippen molar-refractivity contribution in [1.82, 2.24) is 0 Å². The lowest BCUT2D eigenvalue weighted by atomic mass is 9.82. The van der Waals surface area contributed by atoms with Gasteiger partial charge in [-0.05, 0) is 60.8 Å². The van der Waals surface area contributed by atoms with Gasteiger partial charge in [-0.15, -0.1) is 0 Å². The summed E-state index contributed by atoms with van der Waals surface area (Å²) in [6.45, 7) is 10.3. The van der Waals surface area contributed by atoms with Gasteiger partial charge in [-0.3, -0.25) is 0 Å². The van der Waals surface area contributed by atoms with Crippen molar-refractivity contribution < 1.29 is 4.39 Å². The normalized spacial score (nSPS) is 15.4. The average molecular weight is 312 g/mol. The first-order valence-electron chi connectivity index (χ1n) is 8.66. The Bertz CT molecular complexity index is 640. The first kappa shape index (κ1) is 17.7. The van der Waals surface area contributed by atoms with Gasteiger partial charge in [0.15, 0.2) is 0 Å². The molecule has 0 saturated heterocycles. The second-order valence-electron chi connectivity index (χ2n) is 7.24. The minimum Gasteiger partial charge on any atom is -0.239 e. The molecule has 2 aromatic rings. The van der Waals surface area contributed by atoms with Crippen molar-refractivity contribution in [2.45, 2.75) is 65.0 Å². The lowest BCUT2D eigenvalue weighted by Gasteiger charge is -2.27. The highest BCUT2D eigenvalue weighted by atomic mass is 19.1. The van der Waals surface area contributed by atoms with Crippen LogP contribution in [0.5, 0.6) is 0 Å². The average Bonchev–Trinajstić information content (AvgIpc) is 2.53. The molecule has 0 fully saturated rings. The molecule has 0 saturated carbocycles. The molecule has 2 unspecified atom stereocenters. The molecular formula is C22H29F. The van der Waals surface area contributed by atoms with E-state index in [-0.39, 0.29) is 0 Å². The molecule has 0 radical (unpaired) electrons. The molecule has 0 aliphatic rings. The quantitative estimate of drug-likeness (QED) is 0.545. The molecule has 124 valence electrons. The maximum atomic E-state index is 15.4. The molecule has 0 aliphatic heterocycles. The number of alkyl halides is 1. The Morgan fingerprint density at radius 3 is 2.09 bits per heavy atom. The van der Waals surface area contributed by atoms with Crippen LogP contribution >= 0.6 is 0 Å². The third-order valence-electron chi connectivity index (χ3n) is 4.91. The summed E-state index contributed by atoms with van der Waals surface area (Å²) in [6, 6.07) is 16.4. The van der Waals surface area contributed by atoms with E-state index < -0.39 is 5.67 Å². The zero-order chi connectivity index (χ0) is 17.0. The van der Waals surface area contributed by atoms with E-state index in [1.165, 1.54) is 11.1 Å². The standard InChI is InChI=1S/C22H29F/c1-16(2)19-11-8-9-13-21(19)22(5,23)15-14-18(4)20-12-7-6-10-17(20)3/h6-13,16,18H,14-15H2,1-5H3. The van der Waals surface area contributed by atoms with Gasteiger partial charge in [0.25, 0.3) is 0 Å². The molecule has 0 aliphatic carbocycles. The van der Waals surface area contributed by atoms with E-state index in [9.17, 15) is 0 Å². The summed E-state index contributed by atoms with van der Waals surface area (Å²) in [6.07, 6.45) is 1.40. The second kappa shape index (κ2) is 7.29. The predicted octanol–water partition coefficient (Wildman–Crippen LogP) is 6.89. The van der Waals surface area contributed by atoms with Crippen molar-refractivity contribution in [2.75, 3.05) is 0 Å². The summed E-state index contributed by atoms with van der Waals surface area (Å²) >= 11 is 0. The van der Waals surface area contributed by atoms with Crippen molar-refractivity contribution in [2.24, 2.45) is 0 Å². The maximum absolute atomic E-state index is 15.4. The molecule has 2 rings (SSSR count). The molecule has 2 aromatic carbocycles. The minimum absolute atomic E-state index is 0.343. The Balaban J connectivity index is 2.15. The van der Waals surface area contributed by atoms with E-state index in [1.807, 2.05) is 18.2 Å². The van der Waals surface area contributed by atoms with Crippen molar-refractivity contribution in [3.05, 3.63) is 70.8 Å². The third kappa shape index (κ3) is 4.22. The van der Waals surface area contributed by atoms with E-state index in [0.717, 1.165) is 17.5 Å². The molecule has 0 amide bonds. The number of aryl methyl sites for hydroxylation is 1. The fourth-order valence-corrected chi connectivity index (χ4v) is 3.39. The van der Waals surface area contributed by atoms with Crippen LogP contribution in [0.2, 0.25) is 0 Å². The minimum atomic E-state index is -1.28. The van der Waals surface area contributed by atoms with Crippen LogP contribution in [0.25, 0.3) is 0 Å². The molecule has 2 atom stereocenters. The summed E-state index contributed by atoms with van der Waals surface area (Å²) in [5.74, 6) is 0.715. The zero-order valence-corrected chi connectivity index (χ0v) is 15.1. The molecule has 0 N–H and O–H groups in total. The molecule has 0 nitrogen and oxygen atoms in total. The van der Waals surface area contributed by atoms with Crippen LogP contribution in [-0.2, 0) is 5.67 Å². The van der Waals surface area contributed by atoms with Gasteiger partial charge in [0.1, 0.15) is 5.67 Å². The number of hydrogen-bond acceptors (Lipinski definition) is 0. The van der Waals surface area contributed by atoms with Crippen LogP contribution in [0.1, 0.15) is 74.6 Å². The number of rotatable bonds is 6. The molecular weight excluding hydrogens is 283 g/mol. The smallest absolute Gasteiger partial charge is 0.133 e. The zero-order valence-electron chi connectivity index (χ0n) is 15.1. The van der Waals surface area contributed by atoms with Gasteiger partial charge in [-0.2, -0.15) is 0 Å². The van der Waals surface area contributed by atoms with Crippen LogP contribution in [0, 0.1) is 6.92 Å². The summed E-state index contributed by atoms with van der Waals surface area (Å²) in [4.78, 5) is 0. The highest BCUT2D eigenvalue weighted by molar-refractivity contribution is 5.34. The van der Waals surface area contributed by atoms with Gasteiger partial charge < -0.3 is 0 Å². The van der Waals surface area contributed by atoms with Crippen LogP contribution < -0.4 is 0 Å². The molecule has 0 spiro atoms. The lowest BCUT2D eigenvalue weighted by Crippen LogP contribution is -2.19. The van der Waals surface area contributed by atoms with Crippen molar-refractivity contribution in [3.8, 4) is 0 Å². The molecule has 0 heterocycles. The van der Waals surface area contributed by atoms with E-state index in [0.29, 0.717) is 18.3 Å². The summed E-state index contributed by atoms with van der Waals surface area (Å²) < 4.78 is 15.4. The molecule has 1 heteroatoms. The topological polar surface area (TPSA) is 0 Å².